The van der Waals surface area contributed by atoms with E-state index >= 15 is 0 Å². The largest absolute Gasteiger partial charge is 0.479 e. The van der Waals surface area contributed by atoms with Gasteiger partial charge in [-0.05, 0) is 35.9 Å². The Hall–Kier alpha value is -2.51. The first-order valence-corrected chi connectivity index (χ1v) is 11.2. The first-order valence-electron chi connectivity index (χ1n) is 8.96. The van der Waals surface area contributed by atoms with Gasteiger partial charge in [-0.1, -0.05) is 50.6 Å². The topological polar surface area (TPSA) is 88.4 Å². The quantitative estimate of drug-likeness (QED) is 0.617. The average Bonchev–Trinajstić information content (AvgIpc) is 3.00. The van der Waals surface area contributed by atoms with Crippen molar-refractivity contribution >= 4 is 44.2 Å². The second kappa shape index (κ2) is 7.07. The van der Waals surface area contributed by atoms with E-state index in [1.807, 2.05) is 20.8 Å². The van der Waals surface area contributed by atoms with E-state index in [2.05, 4.69) is 4.72 Å². The second-order valence-corrected chi connectivity index (χ2v) is 10.3. The number of aliphatic carboxylic acids is 1. The molecule has 0 bridgehead atoms. The molecule has 0 saturated heterocycles. The molecule has 0 fully saturated rings. The fraction of sp³-hybridized carbons (Fsp3) is 0.286. The van der Waals surface area contributed by atoms with Crippen molar-refractivity contribution in [3.8, 4) is 0 Å². The molecule has 1 aromatic heterocycles. The number of nitrogens with one attached hydrogen (secondary N) is 1. The average molecular weight is 435 g/mol. The van der Waals surface area contributed by atoms with Crippen LogP contribution in [0, 0.1) is 5.41 Å². The lowest BCUT2D eigenvalue weighted by Gasteiger charge is -2.43. The van der Waals surface area contributed by atoms with Crippen LogP contribution in [0.4, 0.5) is 5.69 Å². The van der Waals surface area contributed by atoms with Gasteiger partial charge in [-0.15, -0.1) is 0 Å². The van der Waals surface area contributed by atoms with Gasteiger partial charge in [-0.25, -0.2) is 13.2 Å². The lowest BCUT2D eigenvalue weighted by molar-refractivity contribution is -0.150. The molecular formula is C21H23ClN2O4S. The minimum atomic E-state index is -3.49. The fourth-order valence-electron chi connectivity index (χ4n) is 3.92. The van der Waals surface area contributed by atoms with Gasteiger partial charge in [0.15, 0.2) is 5.54 Å². The highest BCUT2D eigenvalue weighted by Gasteiger charge is 2.52. The van der Waals surface area contributed by atoms with Crippen molar-refractivity contribution in [1.82, 2.24) is 4.57 Å². The standard InChI is InChI=1S/C21H23ClN2O4S/c1-20(2,3)21(19(25)26,14-8-10-15(22)11-9-14)24-13-12-16-17(23-29(4,27)28)6-5-7-18(16)24/h5-13,23H,1-4H3,(H,25,26). The zero-order valence-electron chi connectivity index (χ0n) is 16.6. The van der Waals surface area contributed by atoms with E-state index < -0.39 is 26.9 Å². The lowest BCUT2D eigenvalue weighted by Crippen LogP contribution is -2.52. The second-order valence-electron chi connectivity index (χ2n) is 8.07. The molecule has 3 aromatic rings. The zero-order chi connectivity index (χ0) is 21.6. The lowest BCUT2D eigenvalue weighted by atomic mass is 9.69. The maximum atomic E-state index is 12.8. The highest BCUT2D eigenvalue weighted by molar-refractivity contribution is 7.92. The van der Waals surface area contributed by atoms with Gasteiger partial charge in [-0.3, -0.25) is 4.72 Å². The molecule has 0 aliphatic rings. The minimum Gasteiger partial charge on any atom is -0.479 e. The van der Waals surface area contributed by atoms with Crippen LogP contribution in [-0.2, 0) is 20.4 Å². The van der Waals surface area contributed by atoms with E-state index in [-0.39, 0.29) is 0 Å². The molecule has 6 nitrogen and oxygen atoms in total. The smallest absolute Gasteiger partial charge is 0.335 e. The molecule has 0 saturated carbocycles. The molecule has 2 aromatic carbocycles. The molecule has 0 aliphatic carbocycles. The third kappa shape index (κ3) is 3.60. The predicted molar refractivity (Wildman–Crippen MR) is 116 cm³/mol. The first kappa shape index (κ1) is 21.2. The molecule has 3 rings (SSSR count). The Morgan fingerprint density at radius 1 is 1.07 bits per heavy atom. The third-order valence-electron chi connectivity index (χ3n) is 5.05. The highest BCUT2D eigenvalue weighted by atomic mass is 35.5. The summed E-state index contributed by atoms with van der Waals surface area (Å²) < 4.78 is 27.7. The highest BCUT2D eigenvalue weighted by Crippen LogP contribution is 2.46. The number of anilines is 1. The predicted octanol–water partition coefficient (Wildman–Crippen LogP) is 4.54. The molecule has 1 unspecified atom stereocenters. The SMILES string of the molecule is CC(C)(C)C(C(=O)O)(c1ccc(Cl)cc1)n1ccc2c(NS(C)(=O)=O)cccc21. The Balaban J connectivity index is 2.38. The number of carboxylic acid groups (broad SMARTS) is 1. The van der Waals surface area contributed by atoms with Gasteiger partial charge < -0.3 is 9.67 Å². The van der Waals surface area contributed by atoms with E-state index in [9.17, 15) is 18.3 Å². The van der Waals surface area contributed by atoms with Gasteiger partial charge in [0, 0.05) is 22.0 Å². The van der Waals surface area contributed by atoms with Crippen molar-refractivity contribution in [2.24, 2.45) is 5.41 Å². The Morgan fingerprint density at radius 3 is 2.21 bits per heavy atom. The number of sulfonamides is 1. The number of halogens is 1. The van der Waals surface area contributed by atoms with E-state index in [1.165, 1.54) is 0 Å². The summed E-state index contributed by atoms with van der Waals surface area (Å²) in [4.78, 5) is 12.8. The van der Waals surface area contributed by atoms with Crippen LogP contribution < -0.4 is 4.72 Å². The number of carbonyl (C=O) groups is 1. The summed E-state index contributed by atoms with van der Waals surface area (Å²) in [6.07, 6.45) is 2.76. The van der Waals surface area contributed by atoms with E-state index in [4.69, 9.17) is 11.6 Å². The third-order valence-corrected chi connectivity index (χ3v) is 5.89. The summed E-state index contributed by atoms with van der Waals surface area (Å²) in [5.41, 5.74) is -0.623. The Morgan fingerprint density at radius 2 is 1.69 bits per heavy atom. The number of benzene rings is 2. The van der Waals surface area contributed by atoms with Crippen molar-refractivity contribution in [2.45, 2.75) is 26.3 Å². The number of carboxylic acids is 1. The molecule has 2 N–H and O–H groups in total. The van der Waals surface area contributed by atoms with Gasteiger partial charge in [-0.2, -0.15) is 0 Å². The van der Waals surface area contributed by atoms with E-state index in [0.29, 0.717) is 27.2 Å². The molecular weight excluding hydrogens is 412 g/mol. The Labute approximate surface area is 175 Å². The summed E-state index contributed by atoms with van der Waals surface area (Å²) in [6.45, 7) is 5.58. The van der Waals surface area contributed by atoms with Gasteiger partial charge in [0.2, 0.25) is 10.0 Å². The maximum absolute atomic E-state index is 12.8. The van der Waals surface area contributed by atoms with Crippen molar-refractivity contribution in [3.05, 3.63) is 65.3 Å². The summed E-state index contributed by atoms with van der Waals surface area (Å²) in [7, 11) is -3.49. The van der Waals surface area contributed by atoms with Crippen molar-refractivity contribution in [1.29, 1.82) is 0 Å². The number of hydrogen-bond acceptors (Lipinski definition) is 3. The van der Waals surface area contributed by atoms with Crippen LogP contribution in [-0.4, -0.2) is 30.3 Å². The summed E-state index contributed by atoms with van der Waals surface area (Å²) in [6, 6.07) is 13.6. The number of nitrogens with zero attached hydrogens (tertiary/aromatic N) is 1. The van der Waals surface area contributed by atoms with Crippen LogP contribution in [0.1, 0.15) is 26.3 Å². The van der Waals surface area contributed by atoms with Gasteiger partial charge in [0.1, 0.15) is 0 Å². The monoisotopic (exact) mass is 434 g/mol. The van der Waals surface area contributed by atoms with Gasteiger partial charge in [0.25, 0.3) is 0 Å². The number of rotatable bonds is 5. The van der Waals surface area contributed by atoms with Crippen LogP contribution in [0.25, 0.3) is 10.9 Å². The molecule has 0 radical (unpaired) electrons. The van der Waals surface area contributed by atoms with Crippen molar-refractivity contribution in [2.75, 3.05) is 11.0 Å². The van der Waals surface area contributed by atoms with Crippen LogP contribution in [0.15, 0.2) is 54.7 Å². The van der Waals surface area contributed by atoms with Crippen LogP contribution in [0.5, 0.6) is 0 Å². The van der Waals surface area contributed by atoms with Crippen LogP contribution in [0.2, 0.25) is 5.02 Å². The summed E-state index contributed by atoms with van der Waals surface area (Å²) >= 11 is 6.04. The van der Waals surface area contributed by atoms with Crippen molar-refractivity contribution in [3.63, 3.8) is 0 Å². The van der Waals surface area contributed by atoms with Gasteiger partial charge in [0.05, 0.1) is 17.5 Å². The molecule has 0 spiro atoms. The molecule has 0 amide bonds. The molecule has 8 heteroatoms. The Bertz CT molecular complexity index is 1180. The number of hydrogen-bond donors (Lipinski definition) is 2. The zero-order valence-corrected chi connectivity index (χ0v) is 18.2. The fourth-order valence-corrected chi connectivity index (χ4v) is 4.62. The molecule has 1 heterocycles. The normalized spacial score (nSPS) is 14.5. The van der Waals surface area contributed by atoms with E-state index in [1.54, 1.807) is 59.3 Å². The summed E-state index contributed by atoms with van der Waals surface area (Å²) in [5.74, 6) is -1.02. The van der Waals surface area contributed by atoms with Crippen LogP contribution >= 0.6 is 11.6 Å². The number of fused-ring (bicyclic) bond motifs is 1. The first-order chi connectivity index (χ1) is 13.4. The number of aromatic nitrogens is 1. The van der Waals surface area contributed by atoms with Crippen LogP contribution in [0.3, 0.4) is 0 Å². The maximum Gasteiger partial charge on any atom is 0.335 e. The molecule has 0 aliphatic heterocycles. The Kier molecular flexibility index (Phi) is 5.17. The molecule has 1 atom stereocenters. The van der Waals surface area contributed by atoms with E-state index in [0.717, 1.165) is 6.26 Å². The summed E-state index contributed by atoms with van der Waals surface area (Å²) in [5, 5.41) is 11.6. The molecule has 154 valence electrons. The van der Waals surface area contributed by atoms with Gasteiger partial charge >= 0.3 is 5.97 Å². The minimum absolute atomic E-state index is 0.396. The molecule has 29 heavy (non-hydrogen) atoms. The van der Waals surface area contributed by atoms with Crippen molar-refractivity contribution < 1.29 is 18.3 Å².